The quantitative estimate of drug-likeness (QED) is 0.727. The minimum atomic E-state index is -0.0422. The number of fused-ring (bicyclic) bond motifs is 3. The Morgan fingerprint density at radius 3 is 3.15 bits per heavy atom. The van der Waals surface area contributed by atoms with E-state index in [-0.39, 0.29) is 11.8 Å². The third-order valence-corrected chi connectivity index (χ3v) is 6.86. The van der Waals surface area contributed by atoms with Gasteiger partial charge in [0.25, 0.3) is 0 Å². The lowest BCUT2D eigenvalue weighted by Crippen LogP contribution is -2.27. The van der Waals surface area contributed by atoms with Gasteiger partial charge in [-0.3, -0.25) is 9.89 Å². The van der Waals surface area contributed by atoms with Crippen LogP contribution in [0, 0.1) is 11.8 Å². The first-order chi connectivity index (χ1) is 13.2. The summed E-state index contributed by atoms with van der Waals surface area (Å²) in [6.07, 6.45) is 9.29. The van der Waals surface area contributed by atoms with Crippen molar-refractivity contribution >= 4 is 39.0 Å². The van der Waals surface area contributed by atoms with Gasteiger partial charge in [-0.15, -0.1) is 11.3 Å². The van der Waals surface area contributed by atoms with E-state index in [0.717, 1.165) is 42.4 Å². The zero-order valence-corrected chi connectivity index (χ0v) is 16.1. The first-order valence-corrected chi connectivity index (χ1v) is 10.3. The lowest BCUT2D eigenvalue weighted by molar-refractivity contribution is -0.119. The fraction of sp³-hybridized carbons (Fsp3) is 0.474. The first-order valence-electron chi connectivity index (χ1n) is 9.49. The van der Waals surface area contributed by atoms with Gasteiger partial charge in [0.2, 0.25) is 5.91 Å². The van der Waals surface area contributed by atoms with E-state index in [4.69, 9.17) is 0 Å². The second-order valence-corrected chi connectivity index (χ2v) is 8.72. The molecule has 0 saturated carbocycles. The molecule has 1 saturated heterocycles. The van der Waals surface area contributed by atoms with E-state index in [1.807, 2.05) is 11.3 Å². The number of nitrogens with zero attached hydrogens (tertiary/aromatic N) is 4. The topological polar surface area (TPSA) is 86.8 Å². The number of nitrogens with one attached hydrogen (secondary N) is 2. The maximum Gasteiger partial charge on any atom is 0.229 e. The molecule has 3 aromatic heterocycles. The first kappa shape index (κ1) is 16.7. The average Bonchev–Trinajstić information content (AvgIpc) is 3.40. The molecule has 1 aliphatic carbocycles. The van der Waals surface area contributed by atoms with Gasteiger partial charge in [-0.2, -0.15) is 5.10 Å². The highest BCUT2D eigenvalue weighted by Crippen LogP contribution is 2.41. The van der Waals surface area contributed by atoms with Crippen LogP contribution < -0.4 is 10.2 Å². The maximum atomic E-state index is 12.6. The lowest BCUT2D eigenvalue weighted by atomic mass is 9.89. The molecule has 2 aliphatic rings. The van der Waals surface area contributed by atoms with Crippen LogP contribution in [0.3, 0.4) is 0 Å². The summed E-state index contributed by atoms with van der Waals surface area (Å²) in [6, 6.07) is 0. The summed E-state index contributed by atoms with van der Waals surface area (Å²) in [5.74, 6) is 1.75. The van der Waals surface area contributed by atoms with Crippen LogP contribution in [0.15, 0.2) is 18.7 Å². The molecule has 0 spiro atoms. The summed E-state index contributed by atoms with van der Waals surface area (Å²) in [5, 5.41) is 10.7. The van der Waals surface area contributed by atoms with Crippen molar-refractivity contribution in [1.82, 2.24) is 20.2 Å². The van der Waals surface area contributed by atoms with Gasteiger partial charge in [-0.05, 0) is 37.2 Å². The minimum Gasteiger partial charge on any atom is -0.355 e. The van der Waals surface area contributed by atoms with Gasteiger partial charge in [-0.25, -0.2) is 9.97 Å². The molecular formula is C19H22N6OS. The van der Waals surface area contributed by atoms with Crippen LogP contribution in [0.2, 0.25) is 0 Å². The number of thiophene rings is 1. The number of aromatic nitrogens is 4. The SMILES string of the molecule is CC1CCc2c(sc3ncnc(N4CCC(C(=O)Nc5cn[nH]c5)C4)c23)C1. The van der Waals surface area contributed by atoms with E-state index in [9.17, 15) is 4.79 Å². The number of hydrogen-bond donors (Lipinski definition) is 2. The van der Waals surface area contributed by atoms with Crippen LogP contribution in [0.5, 0.6) is 0 Å². The summed E-state index contributed by atoms with van der Waals surface area (Å²) in [7, 11) is 0. The smallest absolute Gasteiger partial charge is 0.229 e. The highest BCUT2D eigenvalue weighted by atomic mass is 32.1. The summed E-state index contributed by atoms with van der Waals surface area (Å²) < 4.78 is 0. The fourth-order valence-corrected chi connectivity index (χ4v) is 5.57. The Bertz CT molecular complexity index is 982. The predicted molar refractivity (Wildman–Crippen MR) is 106 cm³/mol. The van der Waals surface area contributed by atoms with Crippen LogP contribution in [-0.4, -0.2) is 39.2 Å². The molecule has 2 N–H and O–H groups in total. The molecule has 8 heteroatoms. The number of carbonyl (C=O) groups excluding carboxylic acids is 1. The maximum absolute atomic E-state index is 12.6. The second kappa shape index (κ2) is 6.60. The number of aromatic amines is 1. The number of amides is 1. The van der Waals surface area contributed by atoms with Gasteiger partial charge in [0, 0.05) is 24.2 Å². The standard InChI is InChI=1S/C19H22N6OS/c1-11-2-3-14-15(6-11)27-19-16(14)17(20-10-21-19)25-5-4-12(9-25)18(26)24-13-7-22-23-8-13/h7-8,10-12H,2-6,9H2,1H3,(H,22,23)(H,24,26). The molecule has 0 aromatic carbocycles. The lowest BCUT2D eigenvalue weighted by Gasteiger charge is -2.21. The molecule has 4 heterocycles. The summed E-state index contributed by atoms with van der Waals surface area (Å²) in [5.41, 5.74) is 2.15. The normalized spacial score (nSPS) is 22.2. The van der Waals surface area contributed by atoms with Gasteiger partial charge in [0.15, 0.2) is 0 Å². The average molecular weight is 382 g/mol. The van der Waals surface area contributed by atoms with Gasteiger partial charge in [0.1, 0.15) is 17.0 Å². The Balaban J connectivity index is 1.41. The van der Waals surface area contributed by atoms with Crippen molar-refractivity contribution < 1.29 is 4.79 Å². The van der Waals surface area contributed by atoms with E-state index in [2.05, 4.69) is 37.3 Å². The molecule has 2 unspecified atom stereocenters. The van der Waals surface area contributed by atoms with Crippen molar-refractivity contribution in [2.24, 2.45) is 11.8 Å². The van der Waals surface area contributed by atoms with Crippen molar-refractivity contribution in [1.29, 1.82) is 0 Å². The number of H-pyrrole nitrogens is 1. The van der Waals surface area contributed by atoms with Gasteiger partial charge in [0.05, 0.1) is 23.2 Å². The van der Waals surface area contributed by atoms with E-state index in [0.29, 0.717) is 12.2 Å². The van der Waals surface area contributed by atoms with Crippen molar-refractivity contribution in [3.8, 4) is 0 Å². The highest BCUT2D eigenvalue weighted by Gasteiger charge is 2.32. The minimum absolute atomic E-state index is 0.0422. The Hall–Kier alpha value is -2.48. The molecule has 7 nitrogen and oxygen atoms in total. The monoisotopic (exact) mass is 382 g/mol. The van der Waals surface area contributed by atoms with E-state index < -0.39 is 0 Å². The van der Waals surface area contributed by atoms with E-state index >= 15 is 0 Å². The molecule has 27 heavy (non-hydrogen) atoms. The number of aryl methyl sites for hydroxylation is 1. The highest BCUT2D eigenvalue weighted by molar-refractivity contribution is 7.19. The van der Waals surface area contributed by atoms with Gasteiger partial charge in [-0.1, -0.05) is 6.92 Å². The third-order valence-electron chi connectivity index (χ3n) is 5.70. The molecule has 1 fully saturated rings. The number of hydrogen-bond acceptors (Lipinski definition) is 6. The van der Waals surface area contributed by atoms with E-state index in [1.165, 1.54) is 22.2 Å². The summed E-state index contributed by atoms with van der Waals surface area (Å²) in [4.78, 5) is 26.6. The number of carbonyl (C=O) groups is 1. The third kappa shape index (κ3) is 2.97. The zero-order valence-electron chi connectivity index (χ0n) is 15.2. The Kier molecular flexibility index (Phi) is 4.07. The Morgan fingerprint density at radius 2 is 2.30 bits per heavy atom. The molecule has 1 amide bonds. The van der Waals surface area contributed by atoms with Gasteiger partial charge < -0.3 is 10.2 Å². The summed E-state index contributed by atoms with van der Waals surface area (Å²) in [6.45, 7) is 3.86. The van der Waals surface area contributed by atoms with Crippen molar-refractivity contribution in [2.45, 2.75) is 32.6 Å². The molecule has 140 valence electrons. The molecule has 0 bridgehead atoms. The van der Waals surface area contributed by atoms with Crippen LogP contribution in [0.25, 0.3) is 10.2 Å². The molecule has 3 aromatic rings. The predicted octanol–water partition coefficient (Wildman–Crippen LogP) is 3.00. The van der Waals surface area contributed by atoms with Gasteiger partial charge >= 0.3 is 0 Å². The van der Waals surface area contributed by atoms with Crippen molar-refractivity contribution in [2.75, 3.05) is 23.3 Å². The number of rotatable bonds is 3. The molecule has 5 rings (SSSR count). The van der Waals surface area contributed by atoms with Crippen LogP contribution in [0.1, 0.15) is 30.2 Å². The second-order valence-electron chi connectivity index (χ2n) is 7.64. The van der Waals surface area contributed by atoms with Crippen molar-refractivity contribution in [3.05, 3.63) is 29.2 Å². The molecule has 0 radical (unpaired) electrons. The van der Waals surface area contributed by atoms with Crippen LogP contribution in [-0.2, 0) is 17.6 Å². The Labute approximate surface area is 161 Å². The molecular weight excluding hydrogens is 360 g/mol. The van der Waals surface area contributed by atoms with E-state index in [1.54, 1.807) is 18.7 Å². The van der Waals surface area contributed by atoms with Crippen molar-refractivity contribution in [3.63, 3.8) is 0 Å². The van der Waals surface area contributed by atoms with Crippen LogP contribution >= 0.6 is 11.3 Å². The number of anilines is 2. The zero-order chi connectivity index (χ0) is 18.4. The molecule has 2 atom stereocenters. The van der Waals surface area contributed by atoms with Crippen LogP contribution in [0.4, 0.5) is 11.5 Å². The largest absolute Gasteiger partial charge is 0.355 e. The fourth-order valence-electron chi connectivity index (χ4n) is 4.23. The Morgan fingerprint density at radius 1 is 1.37 bits per heavy atom. The summed E-state index contributed by atoms with van der Waals surface area (Å²) >= 11 is 1.82. The molecule has 1 aliphatic heterocycles.